The molecule has 170 valence electrons. The lowest BCUT2D eigenvalue weighted by atomic mass is 10.1. The number of hydrogen-bond donors (Lipinski definition) is 0. The summed E-state index contributed by atoms with van der Waals surface area (Å²) in [6, 6.07) is 8.53. The van der Waals surface area contributed by atoms with Crippen LogP contribution >= 0.6 is 11.8 Å². The minimum atomic E-state index is -4.17. The maximum absolute atomic E-state index is 13.2. The largest absolute Gasteiger partial charge is 0.493 e. The van der Waals surface area contributed by atoms with Crippen LogP contribution in [0.2, 0.25) is 0 Å². The van der Waals surface area contributed by atoms with Crippen molar-refractivity contribution in [2.75, 3.05) is 49.1 Å². The molecule has 0 saturated carbocycles. The van der Waals surface area contributed by atoms with E-state index >= 15 is 0 Å². The molecule has 0 amide bonds. The molecule has 0 aliphatic carbocycles. The fourth-order valence-corrected chi connectivity index (χ4v) is 4.75. The summed E-state index contributed by atoms with van der Waals surface area (Å²) in [7, 11) is -0.842. The molecule has 1 fully saturated rings. The van der Waals surface area contributed by atoms with Gasteiger partial charge in [0.1, 0.15) is 0 Å². The lowest BCUT2D eigenvalue weighted by Crippen LogP contribution is -2.44. The highest BCUT2D eigenvalue weighted by atomic mass is 35.5. The van der Waals surface area contributed by atoms with Crippen LogP contribution < -0.4 is 18.2 Å². The van der Waals surface area contributed by atoms with E-state index in [0.29, 0.717) is 3.82 Å². The molecule has 2 aromatic rings. The second-order valence-corrected chi connectivity index (χ2v) is 9.50. The molecule has 1 aliphatic rings. The van der Waals surface area contributed by atoms with Gasteiger partial charge in [-0.3, -0.25) is 0 Å². The summed E-state index contributed by atoms with van der Waals surface area (Å²) in [5.74, 6) is -0.294. The maximum Gasteiger partial charge on any atom is 0.387 e. The molecule has 1 saturated heterocycles. The van der Waals surface area contributed by atoms with Gasteiger partial charge >= 0.3 is 6.61 Å². The molecule has 0 radical (unpaired) electrons. The molecule has 11 heteroatoms. The Morgan fingerprint density at radius 3 is 2.35 bits per heavy atom. The van der Waals surface area contributed by atoms with Crippen molar-refractivity contribution in [2.24, 2.45) is 0 Å². The van der Waals surface area contributed by atoms with Crippen LogP contribution in [0, 0.1) is 6.92 Å². The van der Waals surface area contributed by atoms with Gasteiger partial charge in [-0.05, 0) is 43.8 Å². The quantitative estimate of drug-likeness (QED) is 0.569. The Hall–Kier alpha value is -2.30. The second kappa shape index (κ2) is 9.46. The molecular formula is C20H24ClF2N3O4S. The van der Waals surface area contributed by atoms with Gasteiger partial charge in [0.25, 0.3) is 10.0 Å². The van der Waals surface area contributed by atoms with Gasteiger partial charge < -0.3 is 19.3 Å². The van der Waals surface area contributed by atoms with Gasteiger partial charge in [-0.15, -0.1) is 0 Å². The highest BCUT2D eigenvalue weighted by molar-refractivity contribution is 7.94. The van der Waals surface area contributed by atoms with E-state index in [9.17, 15) is 17.2 Å². The van der Waals surface area contributed by atoms with E-state index < -0.39 is 16.6 Å². The van der Waals surface area contributed by atoms with Crippen LogP contribution in [0.4, 0.5) is 20.2 Å². The van der Waals surface area contributed by atoms with Crippen molar-refractivity contribution in [3.63, 3.8) is 0 Å². The topological polar surface area (TPSA) is 62.3 Å². The van der Waals surface area contributed by atoms with Crippen molar-refractivity contribution >= 4 is 33.2 Å². The van der Waals surface area contributed by atoms with E-state index in [4.69, 9.17) is 16.5 Å². The molecule has 0 unspecified atom stereocenters. The number of benzene rings is 2. The van der Waals surface area contributed by atoms with E-state index in [1.165, 1.54) is 25.3 Å². The van der Waals surface area contributed by atoms with Crippen molar-refractivity contribution in [3.05, 3.63) is 42.0 Å². The van der Waals surface area contributed by atoms with Gasteiger partial charge in [0.05, 0.1) is 17.7 Å². The van der Waals surface area contributed by atoms with Gasteiger partial charge in [-0.2, -0.15) is 21.0 Å². The summed E-state index contributed by atoms with van der Waals surface area (Å²) < 4.78 is 61.6. The number of piperazine rings is 1. The molecule has 31 heavy (non-hydrogen) atoms. The van der Waals surface area contributed by atoms with Crippen molar-refractivity contribution < 1.29 is 26.7 Å². The van der Waals surface area contributed by atoms with Crippen molar-refractivity contribution in [3.8, 4) is 11.5 Å². The second-order valence-electron chi connectivity index (χ2n) is 7.17. The van der Waals surface area contributed by atoms with Gasteiger partial charge in [-0.25, -0.2) is 0 Å². The molecule has 2 aromatic carbocycles. The summed E-state index contributed by atoms with van der Waals surface area (Å²) in [4.78, 5) is 4.33. The van der Waals surface area contributed by atoms with Crippen LogP contribution in [0.3, 0.4) is 0 Å². The van der Waals surface area contributed by atoms with Gasteiger partial charge in [-0.1, -0.05) is 6.07 Å². The standard InChI is InChI=1S/C20H24ClF2N3O4S/c1-14-4-6-16(13-17(14)25-10-8-24(2)9-11-25)31(27,28)26(21)15-5-7-18(29-3)19(12-15)30-20(22)23/h4-7,12-13,20H,8-11H2,1-3H3. The molecule has 0 atom stereocenters. The highest BCUT2D eigenvalue weighted by Crippen LogP contribution is 2.36. The predicted molar refractivity (Wildman–Crippen MR) is 116 cm³/mol. The molecule has 1 aliphatic heterocycles. The molecule has 0 spiro atoms. The Morgan fingerprint density at radius 2 is 1.74 bits per heavy atom. The monoisotopic (exact) mass is 475 g/mol. The summed E-state index contributed by atoms with van der Waals surface area (Å²) in [5.41, 5.74) is 1.71. The lowest BCUT2D eigenvalue weighted by Gasteiger charge is -2.35. The Balaban J connectivity index is 1.93. The zero-order valence-corrected chi connectivity index (χ0v) is 19.0. The van der Waals surface area contributed by atoms with Crippen LogP contribution in [0.1, 0.15) is 5.56 Å². The smallest absolute Gasteiger partial charge is 0.387 e. The Kier molecular flexibility index (Phi) is 7.13. The minimum Gasteiger partial charge on any atom is -0.493 e. The number of rotatable bonds is 7. The third-order valence-corrected chi connectivity index (χ3v) is 7.32. The molecule has 7 nitrogen and oxygen atoms in total. The molecule has 0 N–H and O–H groups in total. The van der Waals surface area contributed by atoms with Crippen molar-refractivity contribution in [1.82, 2.24) is 4.90 Å². The zero-order chi connectivity index (χ0) is 22.8. The SMILES string of the molecule is COc1ccc(N(Cl)S(=O)(=O)c2ccc(C)c(N3CCN(C)CC3)c2)cc1OC(F)F. The molecule has 0 bridgehead atoms. The maximum atomic E-state index is 13.2. The first-order valence-corrected chi connectivity index (χ1v) is 11.3. The average molecular weight is 476 g/mol. The fourth-order valence-electron chi connectivity index (χ4n) is 3.33. The summed E-state index contributed by atoms with van der Waals surface area (Å²) in [5, 5.41) is 0. The molecule has 3 rings (SSSR count). The van der Waals surface area contributed by atoms with Crippen LogP contribution in [-0.4, -0.2) is 60.3 Å². The minimum absolute atomic E-state index is 0.00539. The van der Waals surface area contributed by atoms with Crippen LogP contribution in [-0.2, 0) is 10.0 Å². The van der Waals surface area contributed by atoms with E-state index in [1.807, 2.05) is 14.0 Å². The number of halogens is 3. The number of sulfonamides is 1. The van der Waals surface area contributed by atoms with Crippen LogP contribution in [0.25, 0.3) is 0 Å². The van der Waals surface area contributed by atoms with E-state index in [0.717, 1.165) is 43.5 Å². The number of likely N-dealkylation sites (N-methyl/N-ethyl adjacent to an activating group) is 1. The zero-order valence-electron chi connectivity index (χ0n) is 17.4. The van der Waals surface area contributed by atoms with Gasteiger partial charge in [0.15, 0.2) is 11.5 Å². The number of methoxy groups -OCH3 is 1. The first-order valence-electron chi connectivity index (χ1n) is 9.51. The third-order valence-electron chi connectivity index (χ3n) is 5.10. The third kappa shape index (κ3) is 5.13. The van der Waals surface area contributed by atoms with Gasteiger partial charge in [0, 0.05) is 49.7 Å². The predicted octanol–water partition coefficient (Wildman–Crippen LogP) is 3.71. The first-order chi connectivity index (χ1) is 14.6. The van der Waals surface area contributed by atoms with E-state index in [2.05, 4.69) is 14.5 Å². The number of aryl methyl sites for hydroxylation is 1. The number of ether oxygens (including phenoxy) is 2. The first kappa shape index (κ1) is 23.4. The Labute approximate surface area is 185 Å². The number of alkyl halides is 2. The summed E-state index contributed by atoms with van der Waals surface area (Å²) in [6.07, 6.45) is 0. The Morgan fingerprint density at radius 1 is 1.06 bits per heavy atom. The normalized spacial score (nSPS) is 15.3. The highest BCUT2D eigenvalue weighted by Gasteiger charge is 2.27. The van der Waals surface area contributed by atoms with Crippen LogP contribution in [0.5, 0.6) is 11.5 Å². The van der Waals surface area contributed by atoms with E-state index in [1.54, 1.807) is 12.1 Å². The van der Waals surface area contributed by atoms with Crippen molar-refractivity contribution in [1.29, 1.82) is 0 Å². The summed E-state index contributed by atoms with van der Waals surface area (Å²) in [6.45, 7) is 2.11. The number of nitrogens with zero attached hydrogens (tertiary/aromatic N) is 3. The molecular weight excluding hydrogens is 452 g/mol. The average Bonchev–Trinajstić information content (AvgIpc) is 2.73. The Bertz CT molecular complexity index is 1030. The van der Waals surface area contributed by atoms with Gasteiger partial charge in [0.2, 0.25) is 0 Å². The number of hydrogen-bond acceptors (Lipinski definition) is 6. The van der Waals surface area contributed by atoms with Crippen LogP contribution in [0.15, 0.2) is 41.3 Å². The number of anilines is 2. The summed E-state index contributed by atoms with van der Waals surface area (Å²) >= 11 is 6.17. The molecule has 1 heterocycles. The fraction of sp³-hybridized carbons (Fsp3) is 0.400. The molecule has 0 aromatic heterocycles. The lowest BCUT2D eigenvalue weighted by molar-refractivity contribution is -0.0511. The van der Waals surface area contributed by atoms with Crippen molar-refractivity contribution in [2.45, 2.75) is 18.4 Å². The van der Waals surface area contributed by atoms with E-state index in [-0.39, 0.29) is 22.1 Å².